The summed E-state index contributed by atoms with van der Waals surface area (Å²) in [5, 5.41) is 3.93. The van der Waals surface area contributed by atoms with Crippen molar-refractivity contribution in [3.05, 3.63) is 46.8 Å². The summed E-state index contributed by atoms with van der Waals surface area (Å²) in [4.78, 5) is 29.5. The number of likely N-dealkylation sites (tertiary alicyclic amines) is 1. The highest BCUT2D eigenvalue weighted by Gasteiger charge is 2.32. The second-order valence-electron chi connectivity index (χ2n) is 8.14. The van der Waals surface area contributed by atoms with Crippen molar-refractivity contribution in [1.82, 2.24) is 15.0 Å². The molecule has 0 bridgehead atoms. The van der Waals surface area contributed by atoms with Gasteiger partial charge in [-0.2, -0.15) is 0 Å². The number of amides is 2. The molecule has 0 spiro atoms. The normalized spacial score (nSPS) is 19.4. The molecule has 0 saturated carbocycles. The first-order valence-electron chi connectivity index (χ1n) is 10.8. The van der Waals surface area contributed by atoms with Crippen LogP contribution in [0.3, 0.4) is 0 Å². The summed E-state index contributed by atoms with van der Waals surface area (Å²) in [5.74, 6) is 1.39. The second-order valence-corrected chi connectivity index (χ2v) is 8.14. The van der Waals surface area contributed by atoms with Crippen LogP contribution >= 0.6 is 0 Å². The van der Waals surface area contributed by atoms with Crippen LogP contribution in [0.15, 0.2) is 28.8 Å². The number of carbonyl (C=O) groups is 2. The molecule has 8 nitrogen and oxygen atoms in total. The van der Waals surface area contributed by atoms with E-state index in [0.717, 1.165) is 29.9 Å². The Morgan fingerprint density at radius 2 is 1.84 bits per heavy atom. The third kappa shape index (κ3) is 4.90. The number of aromatic nitrogens is 1. The zero-order valence-electron chi connectivity index (χ0n) is 18.1. The van der Waals surface area contributed by atoms with Gasteiger partial charge < -0.3 is 23.8 Å². The molecular weight excluding hydrogens is 398 g/mol. The molecule has 2 aromatic rings. The zero-order valence-corrected chi connectivity index (χ0v) is 18.1. The Morgan fingerprint density at radius 1 is 1.10 bits per heavy atom. The molecule has 2 aliphatic rings. The van der Waals surface area contributed by atoms with E-state index in [1.54, 1.807) is 29.2 Å². The Labute approximate surface area is 182 Å². The molecule has 8 heteroatoms. The molecule has 31 heavy (non-hydrogen) atoms. The van der Waals surface area contributed by atoms with Crippen molar-refractivity contribution in [2.45, 2.75) is 33.3 Å². The lowest BCUT2D eigenvalue weighted by atomic mass is 9.95. The van der Waals surface area contributed by atoms with Gasteiger partial charge in [0.2, 0.25) is 5.91 Å². The molecule has 2 saturated heterocycles. The molecule has 1 aromatic carbocycles. The molecule has 2 fully saturated rings. The van der Waals surface area contributed by atoms with Crippen molar-refractivity contribution in [3.8, 4) is 5.75 Å². The lowest BCUT2D eigenvalue weighted by Crippen LogP contribution is -2.49. The topological polar surface area (TPSA) is 85.1 Å². The van der Waals surface area contributed by atoms with Crippen LogP contribution in [-0.4, -0.2) is 66.2 Å². The lowest BCUT2D eigenvalue weighted by molar-refractivity contribution is -0.141. The summed E-state index contributed by atoms with van der Waals surface area (Å²) < 4.78 is 16.3. The van der Waals surface area contributed by atoms with Gasteiger partial charge >= 0.3 is 0 Å². The minimum atomic E-state index is -0.131. The third-order valence-electron chi connectivity index (χ3n) is 6.05. The second kappa shape index (κ2) is 9.51. The SMILES string of the molecule is Cc1noc(C)c1COc1ccc(C(=O)N2CCCC(C(=O)N3CCOCC3)C2)cc1. The van der Waals surface area contributed by atoms with E-state index in [1.807, 2.05) is 18.7 Å². The summed E-state index contributed by atoms with van der Waals surface area (Å²) in [5.41, 5.74) is 2.35. The van der Waals surface area contributed by atoms with E-state index in [1.165, 1.54) is 0 Å². The highest BCUT2D eigenvalue weighted by Crippen LogP contribution is 2.23. The molecule has 166 valence electrons. The van der Waals surface area contributed by atoms with E-state index in [2.05, 4.69) is 5.16 Å². The Bertz CT molecular complexity index is 898. The fraction of sp³-hybridized carbons (Fsp3) is 0.522. The Balaban J connectivity index is 1.34. The summed E-state index contributed by atoms with van der Waals surface area (Å²) in [6.07, 6.45) is 1.67. The van der Waals surface area contributed by atoms with Crippen molar-refractivity contribution >= 4 is 11.8 Å². The van der Waals surface area contributed by atoms with Gasteiger partial charge in [-0.05, 0) is 51.0 Å². The predicted octanol–water partition coefficient (Wildman–Crippen LogP) is 2.58. The molecule has 1 atom stereocenters. The number of hydrogen-bond donors (Lipinski definition) is 0. The van der Waals surface area contributed by atoms with Crippen LogP contribution in [0.1, 0.15) is 40.2 Å². The fourth-order valence-electron chi connectivity index (χ4n) is 4.14. The average molecular weight is 428 g/mol. The summed E-state index contributed by atoms with van der Waals surface area (Å²) in [6.45, 7) is 7.71. The molecule has 2 aliphatic heterocycles. The first-order valence-corrected chi connectivity index (χ1v) is 10.8. The van der Waals surface area contributed by atoms with Crippen LogP contribution in [0.2, 0.25) is 0 Å². The summed E-state index contributed by atoms with van der Waals surface area (Å²) >= 11 is 0. The highest BCUT2D eigenvalue weighted by atomic mass is 16.5. The molecule has 0 aliphatic carbocycles. The molecule has 3 heterocycles. The van der Waals surface area contributed by atoms with E-state index in [9.17, 15) is 9.59 Å². The van der Waals surface area contributed by atoms with Crippen LogP contribution in [0.4, 0.5) is 0 Å². The van der Waals surface area contributed by atoms with Crippen molar-refractivity contribution in [1.29, 1.82) is 0 Å². The van der Waals surface area contributed by atoms with Gasteiger partial charge in [0.05, 0.1) is 30.4 Å². The fourth-order valence-corrected chi connectivity index (χ4v) is 4.14. The number of ether oxygens (including phenoxy) is 2. The van der Waals surface area contributed by atoms with Crippen molar-refractivity contribution in [2.24, 2.45) is 5.92 Å². The van der Waals surface area contributed by atoms with Gasteiger partial charge in [0.25, 0.3) is 5.91 Å². The first kappa shape index (κ1) is 21.4. The molecule has 1 unspecified atom stereocenters. The van der Waals surface area contributed by atoms with Gasteiger partial charge in [-0.3, -0.25) is 9.59 Å². The van der Waals surface area contributed by atoms with E-state index in [0.29, 0.717) is 57.3 Å². The van der Waals surface area contributed by atoms with Crippen LogP contribution in [0, 0.1) is 19.8 Å². The van der Waals surface area contributed by atoms with Gasteiger partial charge in [0, 0.05) is 31.7 Å². The number of rotatable bonds is 5. The monoisotopic (exact) mass is 427 g/mol. The van der Waals surface area contributed by atoms with Gasteiger partial charge in [0.15, 0.2) is 0 Å². The maximum absolute atomic E-state index is 13.0. The Hall–Kier alpha value is -2.87. The number of benzene rings is 1. The average Bonchev–Trinajstić information content (AvgIpc) is 3.14. The number of piperidine rings is 1. The molecule has 0 radical (unpaired) electrons. The molecular formula is C23H29N3O5. The highest BCUT2D eigenvalue weighted by molar-refractivity contribution is 5.94. The maximum Gasteiger partial charge on any atom is 0.253 e. The van der Waals surface area contributed by atoms with E-state index in [-0.39, 0.29) is 17.7 Å². The van der Waals surface area contributed by atoms with E-state index >= 15 is 0 Å². The van der Waals surface area contributed by atoms with Crippen LogP contribution in [0.25, 0.3) is 0 Å². The van der Waals surface area contributed by atoms with Crippen LogP contribution < -0.4 is 4.74 Å². The minimum absolute atomic E-state index is 0.0447. The Morgan fingerprint density at radius 3 is 2.52 bits per heavy atom. The molecule has 4 rings (SSSR count). The number of aryl methyl sites for hydroxylation is 2. The quantitative estimate of drug-likeness (QED) is 0.729. The summed E-state index contributed by atoms with van der Waals surface area (Å²) in [6, 6.07) is 7.15. The van der Waals surface area contributed by atoms with E-state index < -0.39 is 0 Å². The third-order valence-corrected chi connectivity index (χ3v) is 6.05. The maximum atomic E-state index is 13.0. The number of carbonyl (C=O) groups excluding carboxylic acids is 2. The van der Waals surface area contributed by atoms with Crippen LogP contribution in [-0.2, 0) is 16.1 Å². The van der Waals surface area contributed by atoms with Crippen molar-refractivity contribution in [2.75, 3.05) is 39.4 Å². The molecule has 2 amide bonds. The van der Waals surface area contributed by atoms with Crippen molar-refractivity contribution < 1.29 is 23.6 Å². The number of hydrogen-bond acceptors (Lipinski definition) is 6. The van der Waals surface area contributed by atoms with Gasteiger partial charge in [0.1, 0.15) is 18.1 Å². The minimum Gasteiger partial charge on any atom is -0.489 e. The zero-order chi connectivity index (χ0) is 21.8. The predicted molar refractivity (Wildman–Crippen MR) is 113 cm³/mol. The van der Waals surface area contributed by atoms with Crippen molar-refractivity contribution in [3.63, 3.8) is 0 Å². The van der Waals surface area contributed by atoms with Gasteiger partial charge in [-0.25, -0.2) is 0 Å². The molecule has 0 N–H and O–H groups in total. The first-order chi connectivity index (χ1) is 15.0. The van der Waals surface area contributed by atoms with Gasteiger partial charge in [-0.1, -0.05) is 5.16 Å². The standard InChI is InChI=1S/C23H29N3O5/c1-16-21(17(2)31-24-16)15-30-20-7-5-18(6-8-20)22(27)26-9-3-4-19(14-26)23(28)25-10-12-29-13-11-25/h5-8,19H,3-4,9-15H2,1-2H3. The van der Waals surface area contributed by atoms with Gasteiger partial charge in [-0.15, -0.1) is 0 Å². The van der Waals surface area contributed by atoms with Crippen LogP contribution in [0.5, 0.6) is 5.75 Å². The lowest BCUT2D eigenvalue weighted by Gasteiger charge is -2.36. The Kier molecular flexibility index (Phi) is 6.56. The van der Waals surface area contributed by atoms with E-state index in [4.69, 9.17) is 14.0 Å². The summed E-state index contributed by atoms with van der Waals surface area (Å²) in [7, 11) is 0. The smallest absolute Gasteiger partial charge is 0.253 e. The number of nitrogens with zero attached hydrogens (tertiary/aromatic N) is 3. The number of morpholine rings is 1. The molecule has 1 aromatic heterocycles. The largest absolute Gasteiger partial charge is 0.489 e.